The van der Waals surface area contributed by atoms with Gasteiger partial charge in [0.1, 0.15) is 5.75 Å². The quantitative estimate of drug-likeness (QED) is 0.504. The standard InChI is InChI=1S/C20H20N4O2S2/c1-20(2,3)28(25)12-26-14-8-9-15-13(10-14)11-21-18(22-15)24-19-23-16-6-4-5-7-17(16)27-19/h4-11H,12H2,1-3H3,(H,21,22,23,24)/t28-/m1/s1. The van der Waals surface area contributed by atoms with Crippen molar-refractivity contribution in [3.05, 3.63) is 48.7 Å². The number of nitrogens with one attached hydrogen (secondary N) is 1. The molecule has 0 amide bonds. The molecular weight excluding hydrogens is 392 g/mol. The maximum atomic E-state index is 12.1. The van der Waals surface area contributed by atoms with Gasteiger partial charge in [-0.25, -0.2) is 15.0 Å². The van der Waals surface area contributed by atoms with Crippen molar-refractivity contribution in [3.8, 4) is 5.75 Å². The van der Waals surface area contributed by atoms with Crippen LogP contribution < -0.4 is 10.1 Å². The summed E-state index contributed by atoms with van der Waals surface area (Å²) in [5, 5.41) is 4.78. The van der Waals surface area contributed by atoms with Gasteiger partial charge in [0.15, 0.2) is 11.1 Å². The Morgan fingerprint density at radius 2 is 1.93 bits per heavy atom. The van der Waals surface area contributed by atoms with E-state index in [0.29, 0.717) is 11.7 Å². The van der Waals surface area contributed by atoms with Gasteiger partial charge in [-0.05, 0) is 51.1 Å². The summed E-state index contributed by atoms with van der Waals surface area (Å²) >= 11 is 1.56. The zero-order valence-electron chi connectivity index (χ0n) is 15.8. The summed E-state index contributed by atoms with van der Waals surface area (Å²) in [5.41, 5.74) is 1.74. The summed E-state index contributed by atoms with van der Waals surface area (Å²) in [6.45, 7) is 5.79. The number of thiazole rings is 1. The highest BCUT2D eigenvalue weighted by Gasteiger charge is 2.19. The first-order chi connectivity index (χ1) is 13.4. The Morgan fingerprint density at radius 3 is 2.71 bits per heavy atom. The predicted octanol–water partition coefficient (Wildman–Crippen LogP) is 4.87. The first-order valence-electron chi connectivity index (χ1n) is 8.79. The van der Waals surface area contributed by atoms with Crippen LogP contribution in [0.3, 0.4) is 0 Å². The Kier molecular flexibility index (Phi) is 4.99. The Morgan fingerprint density at radius 1 is 1.11 bits per heavy atom. The number of hydrogen-bond acceptors (Lipinski definition) is 7. The van der Waals surface area contributed by atoms with Gasteiger partial charge in [0.05, 0.1) is 26.5 Å². The molecule has 144 valence electrons. The maximum Gasteiger partial charge on any atom is 0.229 e. The number of aromatic nitrogens is 3. The summed E-state index contributed by atoms with van der Waals surface area (Å²) in [7, 11) is -1.07. The average Bonchev–Trinajstić information content (AvgIpc) is 3.07. The first-order valence-corrected chi connectivity index (χ1v) is 10.9. The first kappa shape index (κ1) is 18.8. The normalized spacial score (nSPS) is 13.0. The maximum absolute atomic E-state index is 12.1. The molecule has 0 saturated carbocycles. The van der Waals surface area contributed by atoms with Gasteiger partial charge in [-0.3, -0.25) is 9.53 Å². The molecule has 4 rings (SSSR count). The lowest BCUT2D eigenvalue weighted by atomic mass is 10.2. The van der Waals surface area contributed by atoms with E-state index in [1.807, 2.05) is 63.2 Å². The second kappa shape index (κ2) is 7.44. The SMILES string of the molecule is CC(C)(C)[S@](=O)COc1ccc2nc(Nc3nc4ccccc4s3)ncc2c1. The third-order valence-corrected chi connectivity index (χ3v) is 6.73. The number of rotatable bonds is 5. The van der Waals surface area contributed by atoms with Crippen molar-refractivity contribution in [2.75, 3.05) is 11.3 Å². The van der Waals surface area contributed by atoms with Gasteiger partial charge in [-0.15, -0.1) is 0 Å². The lowest BCUT2D eigenvalue weighted by Gasteiger charge is -2.17. The minimum Gasteiger partial charge on any atom is -0.480 e. The molecule has 0 aliphatic carbocycles. The molecule has 4 aromatic rings. The summed E-state index contributed by atoms with van der Waals surface area (Å²) in [4.78, 5) is 13.5. The van der Waals surface area contributed by atoms with Crippen LogP contribution in [0.15, 0.2) is 48.7 Å². The number of anilines is 2. The molecule has 6 nitrogen and oxygen atoms in total. The van der Waals surface area contributed by atoms with Gasteiger partial charge in [-0.1, -0.05) is 23.5 Å². The molecule has 0 unspecified atom stereocenters. The highest BCUT2D eigenvalue weighted by Crippen LogP contribution is 2.28. The summed E-state index contributed by atoms with van der Waals surface area (Å²) in [6, 6.07) is 13.5. The van der Waals surface area contributed by atoms with Crippen LogP contribution in [0.25, 0.3) is 21.1 Å². The van der Waals surface area contributed by atoms with E-state index in [0.717, 1.165) is 26.3 Å². The molecule has 28 heavy (non-hydrogen) atoms. The van der Waals surface area contributed by atoms with Crippen LogP contribution in [0.4, 0.5) is 11.1 Å². The fourth-order valence-corrected chi connectivity index (χ4v) is 3.94. The summed E-state index contributed by atoms with van der Waals surface area (Å²) < 4.78 is 18.6. The van der Waals surface area contributed by atoms with Crippen LogP contribution in [-0.2, 0) is 10.8 Å². The molecule has 1 atom stereocenters. The minimum absolute atomic E-state index is 0.160. The van der Waals surface area contributed by atoms with E-state index in [9.17, 15) is 4.21 Å². The lowest BCUT2D eigenvalue weighted by molar-refractivity contribution is 0.383. The van der Waals surface area contributed by atoms with Crippen LogP contribution in [0.5, 0.6) is 5.75 Å². The second-order valence-corrected chi connectivity index (χ2v) is 10.4. The van der Waals surface area contributed by atoms with E-state index in [1.54, 1.807) is 17.5 Å². The van der Waals surface area contributed by atoms with Crippen molar-refractivity contribution < 1.29 is 8.95 Å². The van der Waals surface area contributed by atoms with Crippen LogP contribution in [-0.4, -0.2) is 29.8 Å². The van der Waals surface area contributed by atoms with Crippen molar-refractivity contribution in [1.82, 2.24) is 15.0 Å². The Labute approximate surface area is 169 Å². The van der Waals surface area contributed by atoms with E-state index in [4.69, 9.17) is 4.74 Å². The Bertz CT molecular complexity index is 1130. The van der Waals surface area contributed by atoms with Gasteiger partial charge in [0.25, 0.3) is 0 Å². The monoisotopic (exact) mass is 412 g/mol. The van der Waals surface area contributed by atoms with E-state index in [-0.39, 0.29) is 10.7 Å². The summed E-state index contributed by atoms with van der Waals surface area (Å²) in [5.74, 6) is 1.31. The number of nitrogens with zero attached hydrogens (tertiary/aromatic N) is 3. The molecule has 0 radical (unpaired) electrons. The molecule has 0 aliphatic heterocycles. The van der Waals surface area contributed by atoms with Crippen molar-refractivity contribution in [2.24, 2.45) is 0 Å². The van der Waals surface area contributed by atoms with E-state index in [2.05, 4.69) is 20.3 Å². The van der Waals surface area contributed by atoms with E-state index < -0.39 is 10.8 Å². The van der Waals surface area contributed by atoms with Gasteiger partial charge in [0.2, 0.25) is 5.95 Å². The zero-order valence-corrected chi connectivity index (χ0v) is 17.4. The van der Waals surface area contributed by atoms with Crippen molar-refractivity contribution in [3.63, 3.8) is 0 Å². The number of benzene rings is 2. The Balaban J connectivity index is 1.50. The van der Waals surface area contributed by atoms with Crippen molar-refractivity contribution in [1.29, 1.82) is 0 Å². The molecule has 0 aliphatic rings. The second-order valence-electron chi connectivity index (χ2n) is 7.25. The average molecular weight is 413 g/mol. The third kappa shape index (κ3) is 4.13. The number of hydrogen-bond donors (Lipinski definition) is 1. The highest BCUT2D eigenvalue weighted by molar-refractivity contribution is 7.86. The van der Waals surface area contributed by atoms with Gasteiger partial charge in [-0.2, -0.15) is 0 Å². The smallest absolute Gasteiger partial charge is 0.229 e. The largest absolute Gasteiger partial charge is 0.480 e. The Hall–Kier alpha value is -2.58. The molecule has 2 aromatic heterocycles. The van der Waals surface area contributed by atoms with Gasteiger partial charge >= 0.3 is 0 Å². The third-order valence-electron chi connectivity index (χ3n) is 4.08. The molecule has 0 spiro atoms. The number of fused-ring (bicyclic) bond motifs is 2. The minimum atomic E-state index is -1.07. The molecule has 0 saturated heterocycles. The van der Waals surface area contributed by atoms with Crippen LogP contribution in [0, 0.1) is 0 Å². The molecule has 0 bridgehead atoms. The molecule has 2 aromatic carbocycles. The van der Waals surface area contributed by atoms with E-state index in [1.165, 1.54) is 0 Å². The zero-order chi connectivity index (χ0) is 19.7. The topological polar surface area (TPSA) is 77.0 Å². The van der Waals surface area contributed by atoms with Crippen LogP contribution in [0.1, 0.15) is 20.8 Å². The number of ether oxygens (including phenoxy) is 1. The fourth-order valence-electron chi connectivity index (χ4n) is 2.48. The predicted molar refractivity (Wildman–Crippen MR) is 116 cm³/mol. The highest BCUT2D eigenvalue weighted by atomic mass is 32.2. The van der Waals surface area contributed by atoms with Crippen LogP contribution >= 0.6 is 11.3 Å². The molecule has 2 heterocycles. The number of para-hydroxylation sites is 1. The molecule has 0 fully saturated rings. The molecule has 1 N–H and O–H groups in total. The van der Waals surface area contributed by atoms with E-state index >= 15 is 0 Å². The fraction of sp³-hybridized carbons (Fsp3) is 0.250. The summed E-state index contributed by atoms with van der Waals surface area (Å²) in [6.07, 6.45) is 1.74. The molecular formula is C20H20N4O2S2. The van der Waals surface area contributed by atoms with Crippen molar-refractivity contribution in [2.45, 2.75) is 25.5 Å². The van der Waals surface area contributed by atoms with Gasteiger partial charge < -0.3 is 4.74 Å². The lowest BCUT2D eigenvalue weighted by Crippen LogP contribution is -2.26. The van der Waals surface area contributed by atoms with Gasteiger partial charge in [0, 0.05) is 16.3 Å². The van der Waals surface area contributed by atoms with Crippen molar-refractivity contribution >= 4 is 54.3 Å². The van der Waals surface area contributed by atoms with Crippen LogP contribution in [0.2, 0.25) is 0 Å². The molecule has 8 heteroatoms.